The molecule has 1 aliphatic carbocycles. The van der Waals surface area contributed by atoms with Gasteiger partial charge in [0.15, 0.2) is 9.84 Å². The van der Waals surface area contributed by atoms with Gasteiger partial charge in [-0.25, -0.2) is 8.42 Å². The van der Waals surface area contributed by atoms with Crippen molar-refractivity contribution in [3.63, 3.8) is 0 Å². The summed E-state index contributed by atoms with van der Waals surface area (Å²) < 4.78 is 28.3. The van der Waals surface area contributed by atoms with Crippen LogP contribution in [0.5, 0.6) is 5.75 Å². The third-order valence-corrected chi connectivity index (χ3v) is 3.86. The topological polar surface area (TPSA) is 43.4 Å². The van der Waals surface area contributed by atoms with Crippen LogP contribution in [-0.2, 0) is 9.84 Å². The third-order valence-electron chi connectivity index (χ3n) is 2.75. The van der Waals surface area contributed by atoms with Gasteiger partial charge < -0.3 is 4.74 Å². The van der Waals surface area contributed by atoms with E-state index in [9.17, 15) is 8.42 Å². The molecule has 1 aromatic carbocycles. The maximum Gasteiger partial charge on any atom is 0.175 e. The molecule has 2 rings (SSSR count). The van der Waals surface area contributed by atoms with Gasteiger partial charge in [0.25, 0.3) is 0 Å². The maximum absolute atomic E-state index is 11.3. The lowest BCUT2D eigenvalue weighted by Gasteiger charge is -2.09. The van der Waals surface area contributed by atoms with Crippen LogP contribution in [0.1, 0.15) is 18.4 Å². The van der Waals surface area contributed by atoms with Crippen LogP contribution >= 0.6 is 0 Å². The Hall–Kier alpha value is -1.03. The summed E-state index contributed by atoms with van der Waals surface area (Å²) in [4.78, 5) is 0.351. The predicted octanol–water partition coefficient (Wildman–Crippen LogP) is 2.19. The fourth-order valence-corrected chi connectivity index (χ4v) is 2.21. The van der Waals surface area contributed by atoms with E-state index in [-0.39, 0.29) is 0 Å². The summed E-state index contributed by atoms with van der Waals surface area (Å²) in [6.07, 6.45) is 3.72. The van der Waals surface area contributed by atoms with Crippen LogP contribution in [-0.4, -0.2) is 21.3 Å². The molecule has 0 aromatic heterocycles. The molecule has 1 aliphatic rings. The van der Waals surface area contributed by atoms with Crippen molar-refractivity contribution >= 4 is 9.84 Å². The SMILES string of the molecule is Cc1cc(S(C)(=O)=O)ccc1OCC1CC1. The highest BCUT2D eigenvalue weighted by Crippen LogP contribution is 2.30. The normalized spacial score (nSPS) is 16.1. The molecule has 16 heavy (non-hydrogen) atoms. The number of rotatable bonds is 4. The van der Waals surface area contributed by atoms with Gasteiger partial charge in [-0.1, -0.05) is 0 Å². The van der Waals surface area contributed by atoms with Gasteiger partial charge in [-0.05, 0) is 49.4 Å². The largest absolute Gasteiger partial charge is 0.493 e. The molecule has 0 atom stereocenters. The monoisotopic (exact) mass is 240 g/mol. The first kappa shape index (κ1) is 11.5. The molecule has 0 aliphatic heterocycles. The Balaban J connectivity index is 2.15. The summed E-state index contributed by atoms with van der Waals surface area (Å²) >= 11 is 0. The van der Waals surface area contributed by atoms with E-state index in [1.54, 1.807) is 18.2 Å². The van der Waals surface area contributed by atoms with Gasteiger partial charge in [-0.3, -0.25) is 0 Å². The van der Waals surface area contributed by atoms with E-state index in [0.29, 0.717) is 10.8 Å². The average Bonchev–Trinajstić information content (AvgIpc) is 2.98. The van der Waals surface area contributed by atoms with Crippen molar-refractivity contribution in [1.82, 2.24) is 0 Å². The maximum atomic E-state index is 11.3. The molecule has 3 nitrogen and oxygen atoms in total. The molecular formula is C12H16O3S. The summed E-state index contributed by atoms with van der Waals surface area (Å²) in [5.74, 6) is 1.49. The van der Waals surface area contributed by atoms with Crippen LogP contribution in [0.3, 0.4) is 0 Å². The Bertz CT molecular complexity index is 487. The molecule has 0 heterocycles. The first-order valence-electron chi connectivity index (χ1n) is 5.40. The minimum absolute atomic E-state index is 0.351. The van der Waals surface area contributed by atoms with Gasteiger partial charge in [0, 0.05) is 6.26 Å². The molecule has 0 amide bonds. The molecule has 0 saturated heterocycles. The van der Waals surface area contributed by atoms with E-state index in [0.717, 1.165) is 17.9 Å². The quantitative estimate of drug-likeness (QED) is 0.810. The lowest BCUT2D eigenvalue weighted by atomic mass is 10.2. The molecular weight excluding hydrogens is 224 g/mol. The highest BCUT2D eigenvalue weighted by molar-refractivity contribution is 7.90. The lowest BCUT2D eigenvalue weighted by molar-refractivity contribution is 0.297. The van der Waals surface area contributed by atoms with Crippen molar-refractivity contribution in [2.45, 2.75) is 24.7 Å². The molecule has 88 valence electrons. The van der Waals surface area contributed by atoms with Crippen molar-refractivity contribution < 1.29 is 13.2 Å². The minimum Gasteiger partial charge on any atom is -0.493 e. The van der Waals surface area contributed by atoms with Gasteiger partial charge >= 0.3 is 0 Å². The highest BCUT2D eigenvalue weighted by atomic mass is 32.2. The Kier molecular flexibility index (Phi) is 2.93. The smallest absolute Gasteiger partial charge is 0.175 e. The number of benzene rings is 1. The lowest BCUT2D eigenvalue weighted by Crippen LogP contribution is -2.02. The van der Waals surface area contributed by atoms with E-state index in [4.69, 9.17) is 4.74 Å². The van der Waals surface area contributed by atoms with E-state index >= 15 is 0 Å². The fourth-order valence-electron chi connectivity index (χ4n) is 1.51. The zero-order valence-electron chi connectivity index (χ0n) is 9.56. The van der Waals surface area contributed by atoms with Gasteiger partial charge in [0.1, 0.15) is 5.75 Å². The first-order valence-corrected chi connectivity index (χ1v) is 7.29. The second-order valence-corrected chi connectivity index (χ2v) is 6.47. The molecule has 0 unspecified atom stereocenters. The van der Waals surface area contributed by atoms with Crippen molar-refractivity contribution in [2.75, 3.05) is 12.9 Å². The van der Waals surface area contributed by atoms with Crippen molar-refractivity contribution in [2.24, 2.45) is 5.92 Å². The van der Waals surface area contributed by atoms with E-state index in [1.165, 1.54) is 19.1 Å². The number of sulfone groups is 1. The molecule has 4 heteroatoms. The predicted molar refractivity (Wildman–Crippen MR) is 62.5 cm³/mol. The molecule has 1 fully saturated rings. The first-order chi connectivity index (χ1) is 7.47. The van der Waals surface area contributed by atoms with Crippen LogP contribution in [0.4, 0.5) is 0 Å². The number of aryl methyl sites for hydroxylation is 1. The fraction of sp³-hybridized carbons (Fsp3) is 0.500. The molecule has 0 spiro atoms. The second-order valence-electron chi connectivity index (χ2n) is 4.45. The Morgan fingerprint density at radius 3 is 2.56 bits per heavy atom. The van der Waals surface area contributed by atoms with E-state index in [1.807, 2.05) is 6.92 Å². The van der Waals surface area contributed by atoms with Crippen LogP contribution < -0.4 is 4.74 Å². The molecule has 0 bridgehead atoms. The minimum atomic E-state index is -3.12. The van der Waals surface area contributed by atoms with Crippen LogP contribution in [0.25, 0.3) is 0 Å². The van der Waals surface area contributed by atoms with Crippen LogP contribution in [0, 0.1) is 12.8 Å². The zero-order valence-corrected chi connectivity index (χ0v) is 10.4. The van der Waals surface area contributed by atoms with Crippen LogP contribution in [0.15, 0.2) is 23.1 Å². The number of hydrogen-bond acceptors (Lipinski definition) is 3. The highest BCUT2D eigenvalue weighted by Gasteiger charge is 2.22. The van der Waals surface area contributed by atoms with Crippen molar-refractivity contribution in [1.29, 1.82) is 0 Å². The van der Waals surface area contributed by atoms with Gasteiger partial charge in [0.2, 0.25) is 0 Å². The third kappa shape index (κ3) is 2.76. The van der Waals surface area contributed by atoms with Crippen LogP contribution in [0.2, 0.25) is 0 Å². The van der Waals surface area contributed by atoms with E-state index in [2.05, 4.69) is 0 Å². The Morgan fingerprint density at radius 2 is 2.06 bits per heavy atom. The van der Waals surface area contributed by atoms with E-state index < -0.39 is 9.84 Å². The summed E-state index contributed by atoms with van der Waals surface area (Å²) in [5, 5.41) is 0. The molecule has 1 saturated carbocycles. The molecule has 0 N–H and O–H groups in total. The summed E-state index contributed by atoms with van der Waals surface area (Å²) in [5.41, 5.74) is 0.878. The number of hydrogen-bond donors (Lipinski definition) is 0. The van der Waals surface area contributed by atoms with Crippen molar-refractivity contribution in [3.8, 4) is 5.75 Å². The summed E-state index contributed by atoms with van der Waals surface area (Å²) in [7, 11) is -3.12. The zero-order chi connectivity index (χ0) is 11.8. The average molecular weight is 240 g/mol. The van der Waals surface area contributed by atoms with Gasteiger partial charge in [-0.15, -0.1) is 0 Å². The van der Waals surface area contributed by atoms with Crippen molar-refractivity contribution in [3.05, 3.63) is 23.8 Å². The number of ether oxygens (including phenoxy) is 1. The molecule has 0 radical (unpaired) electrons. The van der Waals surface area contributed by atoms with Gasteiger partial charge in [-0.2, -0.15) is 0 Å². The molecule has 1 aromatic rings. The van der Waals surface area contributed by atoms with Gasteiger partial charge in [0.05, 0.1) is 11.5 Å². The Morgan fingerprint density at radius 1 is 1.38 bits per heavy atom. The summed E-state index contributed by atoms with van der Waals surface area (Å²) in [6.45, 7) is 2.62. The summed E-state index contributed by atoms with van der Waals surface area (Å²) in [6, 6.07) is 5.01. The standard InChI is InChI=1S/C12H16O3S/c1-9-7-11(16(2,13)14)5-6-12(9)15-8-10-3-4-10/h5-7,10H,3-4,8H2,1-2H3. The second kappa shape index (κ2) is 4.09. The Labute approximate surface area is 96.4 Å².